The zero-order valence-corrected chi connectivity index (χ0v) is 13.2. The Kier molecular flexibility index (Phi) is 3.96. The topological polar surface area (TPSA) is 24.8 Å². The number of benzene rings is 2. The van der Waals surface area contributed by atoms with E-state index >= 15 is 0 Å². The van der Waals surface area contributed by atoms with Gasteiger partial charge in [-0.1, -0.05) is 42.5 Å². The summed E-state index contributed by atoms with van der Waals surface area (Å²) >= 11 is 0. The molecule has 3 nitrogen and oxygen atoms in total. The van der Waals surface area contributed by atoms with Gasteiger partial charge in [0.05, 0.1) is 12.2 Å². The second-order valence-corrected chi connectivity index (χ2v) is 5.45. The van der Waals surface area contributed by atoms with Gasteiger partial charge in [0.25, 0.3) is 6.02 Å². The molecule has 0 aromatic heterocycles. The largest absolute Gasteiger partial charge is 0.425 e. The van der Waals surface area contributed by atoms with Crippen LogP contribution in [-0.2, 0) is 6.54 Å². The highest BCUT2D eigenvalue weighted by Crippen LogP contribution is 2.29. The molecule has 1 aliphatic rings. The van der Waals surface area contributed by atoms with Crippen LogP contribution in [0.1, 0.15) is 25.0 Å². The predicted molar refractivity (Wildman–Crippen MR) is 91.4 cm³/mol. The molecule has 0 fully saturated rings. The minimum Gasteiger partial charge on any atom is -0.425 e. The smallest absolute Gasteiger partial charge is 0.298 e. The van der Waals surface area contributed by atoms with Crippen LogP contribution in [0.3, 0.4) is 0 Å². The number of fused-ring (bicyclic) bond motifs is 1. The molecule has 0 N–H and O–H groups in total. The van der Waals surface area contributed by atoms with Gasteiger partial charge in [0.1, 0.15) is 5.75 Å². The summed E-state index contributed by atoms with van der Waals surface area (Å²) in [5, 5.41) is 0. The fourth-order valence-electron chi connectivity index (χ4n) is 2.50. The quantitative estimate of drug-likeness (QED) is 0.806. The average molecular weight is 292 g/mol. The zero-order chi connectivity index (χ0) is 15.5. The minimum absolute atomic E-state index is 0.634. The molecular weight excluding hydrogens is 272 g/mol. The molecule has 0 spiro atoms. The van der Waals surface area contributed by atoms with Crippen LogP contribution in [0.25, 0.3) is 5.57 Å². The third-order valence-corrected chi connectivity index (χ3v) is 3.89. The van der Waals surface area contributed by atoms with E-state index in [4.69, 9.17) is 9.73 Å². The van der Waals surface area contributed by atoms with Gasteiger partial charge in [-0.3, -0.25) is 0 Å². The summed E-state index contributed by atoms with van der Waals surface area (Å²) in [6, 6.07) is 16.9. The molecule has 0 unspecified atom stereocenters. The van der Waals surface area contributed by atoms with E-state index in [-0.39, 0.29) is 0 Å². The van der Waals surface area contributed by atoms with Gasteiger partial charge in [-0.15, -0.1) is 0 Å². The number of hydrogen-bond donors (Lipinski definition) is 0. The Morgan fingerprint density at radius 2 is 1.86 bits per heavy atom. The maximum atomic E-state index is 5.97. The van der Waals surface area contributed by atoms with Crippen molar-refractivity contribution in [3.63, 3.8) is 0 Å². The van der Waals surface area contributed by atoms with Gasteiger partial charge >= 0.3 is 0 Å². The number of ether oxygens (including phenoxy) is 1. The molecule has 3 heteroatoms. The predicted octanol–water partition coefficient (Wildman–Crippen LogP) is 4.62. The highest BCUT2D eigenvalue weighted by Gasteiger charge is 2.20. The number of aliphatic imine (C=N–C) groups is 1. The first-order chi connectivity index (χ1) is 10.7. The lowest BCUT2D eigenvalue weighted by Gasteiger charge is -2.27. The Morgan fingerprint density at radius 3 is 2.68 bits per heavy atom. The van der Waals surface area contributed by atoms with Crippen molar-refractivity contribution in [3.05, 3.63) is 65.7 Å². The van der Waals surface area contributed by atoms with Gasteiger partial charge in [0.15, 0.2) is 0 Å². The summed E-state index contributed by atoms with van der Waals surface area (Å²) in [5.74, 6) is 0.889. The molecule has 0 saturated carbocycles. The summed E-state index contributed by atoms with van der Waals surface area (Å²) in [5.41, 5.74) is 4.45. The van der Waals surface area contributed by atoms with E-state index in [0.717, 1.165) is 23.5 Å². The lowest BCUT2D eigenvalue weighted by molar-refractivity contribution is 0.346. The molecule has 0 bridgehead atoms. The molecule has 2 aromatic rings. The highest BCUT2D eigenvalue weighted by atomic mass is 16.5. The summed E-state index contributed by atoms with van der Waals surface area (Å²) < 4.78 is 5.97. The minimum atomic E-state index is 0.634. The lowest BCUT2D eigenvalue weighted by atomic mass is 10.1. The van der Waals surface area contributed by atoms with Crippen molar-refractivity contribution in [1.29, 1.82) is 0 Å². The van der Waals surface area contributed by atoms with Crippen LogP contribution >= 0.6 is 0 Å². The summed E-state index contributed by atoms with van der Waals surface area (Å²) in [6.07, 6.45) is 2.10. The molecule has 2 aromatic carbocycles. The van der Waals surface area contributed by atoms with E-state index in [1.165, 1.54) is 11.1 Å². The molecule has 0 radical (unpaired) electrons. The molecule has 22 heavy (non-hydrogen) atoms. The number of allylic oxidation sites excluding steroid dienone is 2. The fraction of sp³-hybridized carbons (Fsp3) is 0.211. The monoisotopic (exact) mass is 292 g/mol. The van der Waals surface area contributed by atoms with Crippen LogP contribution in [-0.4, -0.2) is 18.0 Å². The molecule has 3 rings (SSSR count). The second-order valence-electron chi connectivity index (χ2n) is 5.45. The Morgan fingerprint density at radius 1 is 1.14 bits per heavy atom. The van der Waals surface area contributed by atoms with Crippen molar-refractivity contribution in [1.82, 2.24) is 4.90 Å². The van der Waals surface area contributed by atoms with Crippen molar-refractivity contribution in [3.8, 4) is 5.75 Å². The van der Waals surface area contributed by atoms with E-state index in [9.17, 15) is 0 Å². The van der Waals surface area contributed by atoms with Gasteiger partial charge in [-0.2, -0.15) is 4.99 Å². The van der Waals surface area contributed by atoms with Gasteiger partial charge in [-0.25, -0.2) is 0 Å². The first-order valence-corrected chi connectivity index (χ1v) is 7.47. The molecular formula is C19H20N2O. The van der Waals surface area contributed by atoms with E-state index < -0.39 is 0 Å². The third-order valence-electron chi connectivity index (χ3n) is 3.89. The van der Waals surface area contributed by atoms with E-state index in [1.54, 1.807) is 0 Å². The molecule has 0 aliphatic carbocycles. The Balaban J connectivity index is 2.00. The molecule has 0 atom stereocenters. The summed E-state index contributed by atoms with van der Waals surface area (Å²) in [7, 11) is 2.00. The Bertz CT molecular complexity index is 747. The molecule has 1 aliphatic heterocycles. The van der Waals surface area contributed by atoms with E-state index in [2.05, 4.69) is 25.1 Å². The molecule has 112 valence electrons. The normalized spacial score (nSPS) is 16.4. The fourth-order valence-corrected chi connectivity index (χ4v) is 2.50. The maximum Gasteiger partial charge on any atom is 0.298 e. The SMILES string of the molecule is CC=C(C)c1ccccc1N=C1Oc2ccccc2CN1C. The number of amidine groups is 1. The molecule has 1 heterocycles. The number of nitrogens with zero attached hydrogens (tertiary/aromatic N) is 2. The van der Waals surface area contributed by atoms with Gasteiger partial charge in [0.2, 0.25) is 0 Å². The highest BCUT2D eigenvalue weighted by molar-refractivity contribution is 5.84. The van der Waals surface area contributed by atoms with Crippen LogP contribution < -0.4 is 4.74 Å². The first-order valence-electron chi connectivity index (χ1n) is 7.47. The summed E-state index contributed by atoms with van der Waals surface area (Å²) in [4.78, 5) is 6.78. The molecule has 0 saturated heterocycles. The number of rotatable bonds is 2. The van der Waals surface area contributed by atoms with Crippen molar-refractivity contribution < 1.29 is 4.74 Å². The Hall–Kier alpha value is -2.55. The van der Waals surface area contributed by atoms with E-state index in [1.807, 2.05) is 55.3 Å². The zero-order valence-electron chi connectivity index (χ0n) is 13.2. The first kappa shape index (κ1) is 14.4. The van der Waals surface area contributed by atoms with Gasteiger partial charge < -0.3 is 9.64 Å². The third kappa shape index (κ3) is 2.75. The van der Waals surface area contributed by atoms with E-state index in [0.29, 0.717) is 6.02 Å². The molecule has 0 amide bonds. The van der Waals surface area contributed by atoms with Gasteiger partial charge in [-0.05, 0) is 31.6 Å². The van der Waals surface area contributed by atoms with Crippen LogP contribution in [0.2, 0.25) is 0 Å². The van der Waals surface area contributed by atoms with Crippen LogP contribution in [0.4, 0.5) is 5.69 Å². The average Bonchev–Trinajstić information content (AvgIpc) is 2.55. The van der Waals surface area contributed by atoms with Gasteiger partial charge in [0, 0.05) is 18.2 Å². The Labute approximate surface area is 131 Å². The second kappa shape index (κ2) is 6.06. The van der Waals surface area contributed by atoms with Crippen molar-refractivity contribution in [2.24, 2.45) is 4.99 Å². The van der Waals surface area contributed by atoms with Crippen LogP contribution in [0.15, 0.2) is 59.6 Å². The van der Waals surface area contributed by atoms with Crippen LogP contribution in [0, 0.1) is 0 Å². The number of para-hydroxylation sites is 2. The van der Waals surface area contributed by atoms with Crippen LogP contribution in [0.5, 0.6) is 5.75 Å². The van der Waals surface area contributed by atoms with Crippen molar-refractivity contribution in [2.45, 2.75) is 20.4 Å². The summed E-state index contributed by atoms with van der Waals surface area (Å²) in [6.45, 7) is 4.94. The van der Waals surface area contributed by atoms with Crippen molar-refractivity contribution in [2.75, 3.05) is 7.05 Å². The maximum absolute atomic E-state index is 5.97. The lowest BCUT2D eigenvalue weighted by Crippen LogP contribution is -2.34. The number of hydrogen-bond acceptors (Lipinski definition) is 2. The standard InChI is InChI=1S/C19H20N2O/c1-4-14(2)16-10-6-7-11-17(16)20-19-21(3)13-15-9-5-8-12-18(15)22-19/h4-12H,13H2,1-3H3. The van der Waals surface area contributed by atoms with Crippen molar-refractivity contribution >= 4 is 17.3 Å².